The van der Waals surface area contributed by atoms with Crippen molar-refractivity contribution in [1.82, 2.24) is 0 Å². The van der Waals surface area contributed by atoms with Gasteiger partial charge in [0.2, 0.25) is 11.8 Å². The molecule has 0 spiro atoms. The van der Waals surface area contributed by atoms with Crippen molar-refractivity contribution in [3.05, 3.63) is 24.3 Å². The monoisotopic (exact) mass is 341 g/mol. The number of benzene rings is 1. The lowest BCUT2D eigenvalue weighted by Crippen LogP contribution is -2.38. The minimum Gasteiger partial charge on any atom is -0.371 e. The number of amides is 2. The molecule has 5 nitrogen and oxygen atoms in total. The topological polar surface area (TPSA) is 75.4 Å². The van der Waals surface area contributed by atoms with E-state index in [1.54, 1.807) is 0 Å². The molecule has 3 atom stereocenters. The van der Waals surface area contributed by atoms with Gasteiger partial charge in [-0.2, -0.15) is 0 Å². The average molecular weight is 341 g/mol. The van der Waals surface area contributed by atoms with E-state index >= 15 is 0 Å². The van der Waals surface area contributed by atoms with Crippen LogP contribution in [0.4, 0.5) is 11.4 Å². The fourth-order valence-corrected chi connectivity index (χ4v) is 4.98. The maximum absolute atomic E-state index is 12.5. The number of anilines is 2. The summed E-state index contributed by atoms with van der Waals surface area (Å²) in [4.78, 5) is 26.1. The van der Waals surface area contributed by atoms with Crippen LogP contribution in [0.15, 0.2) is 24.3 Å². The van der Waals surface area contributed by atoms with Gasteiger partial charge in [0.25, 0.3) is 0 Å². The molecule has 2 aliphatic carbocycles. The minimum atomic E-state index is -0.182. The van der Waals surface area contributed by atoms with Gasteiger partial charge in [0.1, 0.15) is 0 Å². The quantitative estimate of drug-likeness (QED) is 0.884. The van der Waals surface area contributed by atoms with Crippen LogP contribution in [0.1, 0.15) is 38.5 Å². The Morgan fingerprint density at radius 3 is 2.28 bits per heavy atom. The molecule has 2 saturated carbocycles. The van der Waals surface area contributed by atoms with E-state index < -0.39 is 0 Å². The van der Waals surface area contributed by atoms with Gasteiger partial charge in [-0.3, -0.25) is 9.59 Å². The van der Waals surface area contributed by atoms with Gasteiger partial charge in [0.05, 0.1) is 0 Å². The lowest BCUT2D eigenvalue weighted by atomic mass is 9.88. The lowest BCUT2D eigenvalue weighted by Gasteiger charge is -2.32. The number of carbonyl (C=O) groups is 2. The fraction of sp³-hybridized carbons (Fsp3) is 0.600. The van der Waals surface area contributed by atoms with E-state index in [0.29, 0.717) is 5.92 Å². The number of fused-ring (bicyclic) bond motifs is 2. The Kier molecular flexibility index (Phi) is 4.40. The fourth-order valence-electron chi connectivity index (χ4n) is 4.98. The molecule has 5 heteroatoms. The normalized spacial score (nSPS) is 29.0. The molecule has 3 fully saturated rings. The molecule has 2 amide bonds. The third-order valence-electron chi connectivity index (χ3n) is 6.47. The Bertz CT molecular complexity index is 649. The van der Waals surface area contributed by atoms with Crippen molar-refractivity contribution < 1.29 is 9.59 Å². The first kappa shape index (κ1) is 16.4. The second kappa shape index (κ2) is 6.70. The van der Waals surface area contributed by atoms with Crippen LogP contribution in [0.5, 0.6) is 0 Å². The van der Waals surface area contributed by atoms with Gasteiger partial charge in [0.15, 0.2) is 0 Å². The summed E-state index contributed by atoms with van der Waals surface area (Å²) < 4.78 is 0. The molecule has 1 aliphatic heterocycles. The Morgan fingerprint density at radius 2 is 1.72 bits per heavy atom. The second-order valence-corrected chi connectivity index (χ2v) is 7.98. The van der Waals surface area contributed by atoms with Crippen LogP contribution in [0, 0.1) is 23.7 Å². The number of nitrogens with two attached hydrogens (primary N) is 1. The van der Waals surface area contributed by atoms with E-state index in [1.165, 1.54) is 19.3 Å². The molecule has 134 valence electrons. The minimum absolute atomic E-state index is 0.0107. The summed E-state index contributed by atoms with van der Waals surface area (Å²) >= 11 is 0. The first-order valence-electron chi connectivity index (χ1n) is 9.55. The zero-order valence-corrected chi connectivity index (χ0v) is 14.6. The van der Waals surface area contributed by atoms with Gasteiger partial charge in [0, 0.05) is 36.3 Å². The van der Waals surface area contributed by atoms with E-state index in [4.69, 9.17) is 5.73 Å². The molecular formula is C20H27N3O2. The van der Waals surface area contributed by atoms with Crippen LogP contribution in [-0.4, -0.2) is 24.9 Å². The molecule has 4 rings (SSSR count). The highest BCUT2D eigenvalue weighted by Gasteiger charge is 2.43. The molecule has 3 N–H and O–H groups in total. The van der Waals surface area contributed by atoms with Crippen LogP contribution in [0.2, 0.25) is 0 Å². The molecule has 0 aromatic heterocycles. The second-order valence-electron chi connectivity index (χ2n) is 7.98. The predicted octanol–water partition coefficient (Wildman–Crippen LogP) is 2.76. The van der Waals surface area contributed by atoms with Gasteiger partial charge in [-0.25, -0.2) is 0 Å². The zero-order chi connectivity index (χ0) is 17.4. The SMILES string of the molecule is NC(=O)C1CCN(c2ccc(NC(=O)[C@@H]3C[C@H]4CC[C@H]3C4)cc2)CC1. The Balaban J connectivity index is 1.33. The molecule has 3 aliphatic rings. The Hall–Kier alpha value is -2.04. The molecule has 1 aromatic carbocycles. The summed E-state index contributed by atoms with van der Waals surface area (Å²) in [5.41, 5.74) is 7.41. The predicted molar refractivity (Wildman–Crippen MR) is 98.1 cm³/mol. The third kappa shape index (κ3) is 3.37. The van der Waals surface area contributed by atoms with E-state index in [9.17, 15) is 9.59 Å². The van der Waals surface area contributed by atoms with E-state index in [2.05, 4.69) is 22.3 Å². The summed E-state index contributed by atoms with van der Waals surface area (Å²) in [6.45, 7) is 1.70. The third-order valence-corrected chi connectivity index (χ3v) is 6.47. The summed E-state index contributed by atoms with van der Waals surface area (Å²) in [5.74, 6) is 1.63. The van der Waals surface area contributed by atoms with Crippen LogP contribution < -0.4 is 16.0 Å². The largest absolute Gasteiger partial charge is 0.371 e. The van der Waals surface area contributed by atoms with Crippen LogP contribution in [0.25, 0.3) is 0 Å². The number of nitrogens with one attached hydrogen (secondary N) is 1. The number of hydrogen-bond donors (Lipinski definition) is 2. The maximum atomic E-state index is 12.5. The highest BCUT2D eigenvalue weighted by atomic mass is 16.2. The highest BCUT2D eigenvalue weighted by Crippen LogP contribution is 2.48. The van der Waals surface area contributed by atoms with Crippen molar-refractivity contribution in [3.8, 4) is 0 Å². The number of rotatable bonds is 4. The number of piperidine rings is 1. The van der Waals surface area contributed by atoms with Gasteiger partial charge < -0.3 is 16.0 Å². The zero-order valence-electron chi connectivity index (χ0n) is 14.6. The Labute approximate surface area is 148 Å². The number of nitrogens with zero attached hydrogens (tertiary/aromatic N) is 1. The molecule has 1 heterocycles. The van der Waals surface area contributed by atoms with E-state index in [1.807, 2.05) is 12.1 Å². The molecule has 1 saturated heterocycles. The van der Waals surface area contributed by atoms with Gasteiger partial charge >= 0.3 is 0 Å². The molecule has 0 unspecified atom stereocenters. The number of carbonyl (C=O) groups excluding carboxylic acids is 2. The number of primary amides is 1. The van der Waals surface area contributed by atoms with Crippen molar-refractivity contribution in [3.63, 3.8) is 0 Å². The summed E-state index contributed by atoms with van der Waals surface area (Å²) in [5, 5.41) is 3.10. The van der Waals surface area contributed by atoms with Crippen LogP contribution >= 0.6 is 0 Å². The average Bonchev–Trinajstić information content (AvgIpc) is 3.26. The van der Waals surface area contributed by atoms with Gasteiger partial charge in [-0.05, 0) is 68.2 Å². The van der Waals surface area contributed by atoms with Crippen molar-refractivity contribution in [2.45, 2.75) is 38.5 Å². The van der Waals surface area contributed by atoms with Gasteiger partial charge in [-0.1, -0.05) is 6.42 Å². The molecular weight excluding hydrogens is 314 g/mol. The van der Waals surface area contributed by atoms with E-state index in [0.717, 1.165) is 49.6 Å². The molecule has 0 radical (unpaired) electrons. The molecule has 1 aromatic rings. The summed E-state index contributed by atoms with van der Waals surface area (Å²) in [6, 6.07) is 8.09. The van der Waals surface area contributed by atoms with Crippen LogP contribution in [0.3, 0.4) is 0 Å². The standard InChI is InChI=1S/C20H27N3O2/c21-19(24)14-7-9-23(10-8-14)17-5-3-16(4-6-17)22-20(25)18-12-13-1-2-15(18)11-13/h3-6,13-15,18H,1-2,7-12H2,(H2,21,24)(H,22,25)/t13-,15-,18+/m0/s1. The molecule has 25 heavy (non-hydrogen) atoms. The van der Waals surface area contributed by atoms with Crippen molar-refractivity contribution in [2.24, 2.45) is 29.4 Å². The summed E-state index contributed by atoms with van der Waals surface area (Å²) in [7, 11) is 0. The lowest BCUT2D eigenvalue weighted by molar-refractivity contribution is -0.122. The number of hydrogen-bond acceptors (Lipinski definition) is 3. The highest BCUT2D eigenvalue weighted by molar-refractivity contribution is 5.93. The molecule has 2 bridgehead atoms. The van der Waals surface area contributed by atoms with Crippen molar-refractivity contribution >= 4 is 23.2 Å². The smallest absolute Gasteiger partial charge is 0.227 e. The van der Waals surface area contributed by atoms with E-state index in [-0.39, 0.29) is 23.7 Å². The maximum Gasteiger partial charge on any atom is 0.227 e. The first-order valence-corrected chi connectivity index (χ1v) is 9.55. The first-order chi connectivity index (χ1) is 12.1. The van der Waals surface area contributed by atoms with Crippen molar-refractivity contribution in [2.75, 3.05) is 23.3 Å². The summed E-state index contributed by atoms with van der Waals surface area (Å²) in [6.07, 6.45) is 6.50. The van der Waals surface area contributed by atoms with Crippen LogP contribution in [-0.2, 0) is 9.59 Å². The Morgan fingerprint density at radius 1 is 1.00 bits per heavy atom. The van der Waals surface area contributed by atoms with Gasteiger partial charge in [-0.15, -0.1) is 0 Å². The van der Waals surface area contributed by atoms with Crippen molar-refractivity contribution in [1.29, 1.82) is 0 Å².